The first-order valence-corrected chi connectivity index (χ1v) is 9.02. The molecule has 0 heterocycles. The molecule has 1 amide bonds. The molecule has 2 aromatic carbocycles. The molecule has 1 N–H and O–H groups in total. The molecule has 0 spiro atoms. The molecular formula is C21H23F2NO5. The molecule has 0 fully saturated rings. The van der Waals surface area contributed by atoms with Gasteiger partial charge in [-0.1, -0.05) is 12.1 Å². The standard InChI is InChI=1S/C21H23F2NO5/c1-5-27-18-11-15(8-9-17(18)29-21(22)23)20(26)28-14(4)19(25)24-16-10-12(2)6-7-13(16)3/h6-11,14,21H,5H2,1-4H3,(H,24,25)/t14-/m1/s1. The molecule has 29 heavy (non-hydrogen) atoms. The molecule has 0 saturated carbocycles. The predicted molar refractivity (Wildman–Crippen MR) is 104 cm³/mol. The summed E-state index contributed by atoms with van der Waals surface area (Å²) in [5, 5.41) is 2.73. The number of alkyl halides is 2. The summed E-state index contributed by atoms with van der Waals surface area (Å²) in [5.74, 6) is -1.50. The van der Waals surface area contributed by atoms with Gasteiger partial charge in [0.2, 0.25) is 0 Å². The van der Waals surface area contributed by atoms with Gasteiger partial charge < -0.3 is 19.5 Å². The van der Waals surface area contributed by atoms with Gasteiger partial charge in [-0.3, -0.25) is 4.79 Å². The molecule has 156 valence electrons. The van der Waals surface area contributed by atoms with Crippen LogP contribution in [0.1, 0.15) is 35.3 Å². The van der Waals surface area contributed by atoms with Crippen LogP contribution in [0.25, 0.3) is 0 Å². The van der Waals surface area contributed by atoms with E-state index in [2.05, 4.69) is 10.1 Å². The molecule has 1 atom stereocenters. The molecule has 0 aromatic heterocycles. The summed E-state index contributed by atoms with van der Waals surface area (Å²) in [4.78, 5) is 24.7. The van der Waals surface area contributed by atoms with Crippen LogP contribution in [0.15, 0.2) is 36.4 Å². The Bertz CT molecular complexity index is 885. The number of esters is 1. The van der Waals surface area contributed by atoms with Crippen LogP contribution >= 0.6 is 0 Å². The van der Waals surface area contributed by atoms with Crippen molar-refractivity contribution in [3.05, 3.63) is 53.1 Å². The number of carbonyl (C=O) groups excluding carboxylic acids is 2. The van der Waals surface area contributed by atoms with Crippen LogP contribution in [-0.4, -0.2) is 31.2 Å². The summed E-state index contributed by atoms with van der Waals surface area (Å²) in [6, 6.07) is 9.30. The summed E-state index contributed by atoms with van der Waals surface area (Å²) in [7, 11) is 0. The molecule has 0 unspecified atom stereocenters. The zero-order valence-electron chi connectivity index (χ0n) is 16.6. The highest BCUT2D eigenvalue weighted by Gasteiger charge is 2.21. The number of rotatable bonds is 8. The van der Waals surface area contributed by atoms with Crippen LogP contribution in [0.4, 0.5) is 14.5 Å². The molecule has 8 heteroatoms. The summed E-state index contributed by atoms with van der Waals surface area (Å²) >= 11 is 0. The number of hydrogen-bond acceptors (Lipinski definition) is 5. The molecule has 2 aromatic rings. The highest BCUT2D eigenvalue weighted by atomic mass is 19.3. The minimum absolute atomic E-state index is 0.0188. The largest absolute Gasteiger partial charge is 0.490 e. The quantitative estimate of drug-likeness (QED) is 0.653. The number of benzene rings is 2. The number of hydrogen-bond donors (Lipinski definition) is 1. The second-order valence-corrected chi connectivity index (χ2v) is 6.33. The van der Waals surface area contributed by atoms with Crippen molar-refractivity contribution in [3.63, 3.8) is 0 Å². The van der Waals surface area contributed by atoms with E-state index in [1.165, 1.54) is 25.1 Å². The summed E-state index contributed by atoms with van der Waals surface area (Å²) in [6.07, 6.45) is -1.07. The lowest BCUT2D eigenvalue weighted by atomic mass is 10.1. The van der Waals surface area contributed by atoms with Crippen LogP contribution < -0.4 is 14.8 Å². The Balaban J connectivity index is 2.09. The average Bonchev–Trinajstić information content (AvgIpc) is 2.65. The molecule has 0 aliphatic rings. The Kier molecular flexibility index (Phi) is 7.52. The van der Waals surface area contributed by atoms with Crippen molar-refractivity contribution >= 4 is 17.6 Å². The molecule has 0 aliphatic carbocycles. The predicted octanol–water partition coefficient (Wildman–Crippen LogP) is 4.49. The highest BCUT2D eigenvalue weighted by Crippen LogP contribution is 2.30. The van der Waals surface area contributed by atoms with E-state index in [0.29, 0.717) is 5.69 Å². The van der Waals surface area contributed by atoms with Gasteiger partial charge in [0.25, 0.3) is 5.91 Å². The van der Waals surface area contributed by atoms with Crippen molar-refractivity contribution < 1.29 is 32.6 Å². The van der Waals surface area contributed by atoms with Gasteiger partial charge >= 0.3 is 12.6 Å². The van der Waals surface area contributed by atoms with Gasteiger partial charge in [-0.2, -0.15) is 8.78 Å². The monoisotopic (exact) mass is 407 g/mol. The molecule has 0 radical (unpaired) electrons. The highest BCUT2D eigenvalue weighted by molar-refractivity contribution is 5.98. The van der Waals surface area contributed by atoms with Gasteiger partial charge in [0.15, 0.2) is 17.6 Å². The second kappa shape index (κ2) is 9.86. The fourth-order valence-corrected chi connectivity index (χ4v) is 2.48. The third kappa shape index (κ3) is 6.17. The first-order valence-electron chi connectivity index (χ1n) is 9.02. The van der Waals surface area contributed by atoms with Crippen molar-refractivity contribution in [2.24, 2.45) is 0 Å². The molecule has 0 bridgehead atoms. The third-order valence-electron chi connectivity index (χ3n) is 4.00. The van der Waals surface area contributed by atoms with E-state index in [4.69, 9.17) is 9.47 Å². The van der Waals surface area contributed by atoms with Crippen molar-refractivity contribution in [2.45, 2.75) is 40.4 Å². The van der Waals surface area contributed by atoms with E-state index in [9.17, 15) is 18.4 Å². The maximum atomic E-state index is 12.5. The lowest BCUT2D eigenvalue weighted by molar-refractivity contribution is -0.123. The maximum Gasteiger partial charge on any atom is 0.387 e. The Morgan fingerprint density at radius 3 is 2.45 bits per heavy atom. The van der Waals surface area contributed by atoms with Crippen LogP contribution in [0.2, 0.25) is 0 Å². The lowest BCUT2D eigenvalue weighted by Crippen LogP contribution is -2.30. The number of nitrogens with one attached hydrogen (secondary N) is 1. The van der Waals surface area contributed by atoms with Gasteiger partial charge in [-0.05, 0) is 63.1 Å². The number of halogens is 2. The Morgan fingerprint density at radius 1 is 1.07 bits per heavy atom. The van der Waals surface area contributed by atoms with Crippen LogP contribution in [0, 0.1) is 13.8 Å². The Hall–Kier alpha value is -3.16. The topological polar surface area (TPSA) is 73.9 Å². The summed E-state index contributed by atoms with van der Waals surface area (Å²) in [5.41, 5.74) is 2.52. The number of anilines is 1. The van der Waals surface area contributed by atoms with Gasteiger partial charge in [0.1, 0.15) is 0 Å². The number of amides is 1. The zero-order valence-corrected chi connectivity index (χ0v) is 16.6. The minimum atomic E-state index is -3.03. The van der Waals surface area contributed by atoms with E-state index in [-0.39, 0.29) is 23.7 Å². The first kappa shape index (κ1) is 22.1. The van der Waals surface area contributed by atoms with Crippen molar-refractivity contribution in [2.75, 3.05) is 11.9 Å². The SMILES string of the molecule is CCOc1cc(C(=O)O[C@H](C)C(=O)Nc2cc(C)ccc2C)ccc1OC(F)F. The number of carbonyl (C=O) groups is 2. The van der Waals surface area contributed by atoms with Gasteiger partial charge in [0, 0.05) is 5.69 Å². The van der Waals surface area contributed by atoms with Crippen LogP contribution in [0.3, 0.4) is 0 Å². The fraction of sp³-hybridized carbons (Fsp3) is 0.333. The molecule has 0 saturated heterocycles. The van der Waals surface area contributed by atoms with E-state index in [1.54, 1.807) is 6.92 Å². The first-order chi connectivity index (χ1) is 13.7. The number of aryl methyl sites for hydroxylation is 2. The van der Waals surface area contributed by atoms with Gasteiger partial charge in [-0.25, -0.2) is 4.79 Å². The zero-order chi connectivity index (χ0) is 21.6. The van der Waals surface area contributed by atoms with Gasteiger partial charge in [-0.15, -0.1) is 0 Å². The van der Waals surface area contributed by atoms with E-state index in [0.717, 1.165) is 11.1 Å². The van der Waals surface area contributed by atoms with Gasteiger partial charge in [0.05, 0.1) is 12.2 Å². The maximum absolute atomic E-state index is 12.5. The fourth-order valence-electron chi connectivity index (χ4n) is 2.48. The van der Waals surface area contributed by atoms with Crippen LogP contribution in [-0.2, 0) is 9.53 Å². The summed E-state index contributed by atoms with van der Waals surface area (Å²) < 4.78 is 39.8. The minimum Gasteiger partial charge on any atom is -0.490 e. The average molecular weight is 407 g/mol. The molecular weight excluding hydrogens is 384 g/mol. The van der Waals surface area contributed by atoms with Crippen molar-refractivity contribution in [3.8, 4) is 11.5 Å². The van der Waals surface area contributed by atoms with Crippen LogP contribution in [0.5, 0.6) is 11.5 Å². The number of ether oxygens (including phenoxy) is 3. The second-order valence-electron chi connectivity index (χ2n) is 6.33. The molecule has 6 nitrogen and oxygen atoms in total. The van der Waals surface area contributed by atoms with E-state index >= 15 is 0 Å². The van der Waals surface area contributed by atoms with E-state index < -0.39 is 24.6 Å². The normalized spacial score (nSPS) is 11.7. The molecule has 0 aliphatic heterocycles. The summed E-state index contributed by atoms with van der Waals surface area (Å²) in [6.45, 7) is 4.01. The Labute approximate surface area is 167 Å². The smallest absolute Gasteiger partial charge is 0.387 e. The lowest BCUT2D eigenvalue weighted by Gasteiger charge is -2.16. The van der Waals surface area contributed by atoms with Crippen molar-refractivity contribution in [1.82, 2.24) is 0 Å². The third-order valence-corrected chi connectivity index (χ3v) is 4.00. The molecule has 2 rings (SSSR count). The van der Waals surface area contributed by atoms with E-state index in [1.807, 2.05) is 32.0 Å². The Morgan fingerprint density at radius 2 is 1.79 bits per heavy atom. The van der Waals surface area contributed by atoms with Crippen molar-refractivity contribution in [1.29, 1.82) is 0 Å².